The number of rotatable bonds is 3. The first kappa shape index (κ1) is 21.5. The van der Waals surface area contributed by atoms with Gasteiger partial charge in [0, 0.05) is 43.3 Å². The van der Waals surface area contributed by atoms with Gasteiger partial charge in [0.1, 0.15) is 23.6 Å². The molecule has 1 spiro atoms. The summed E-state index contributed by atoms with van der Waals surface area (Å²) in [5, 5.41) is 3.77. The largest absolute Gasteiger partial charge is 0.444 e. The van der Waals surface area contributed by atoms with Gasteiger partial charge in [-0.2, -0.15) is 0 Å². The highest BCUT2D eigenvalue weighted by atomic mass is 35.5. The smallest absolute Gasteiger partial charge is 0.410 e. The molecule has 0 bridgehead atoms. The van der Waals surface area contributed by atoms with Crippen LogP contribution in [0.15, 0.2) is 30.6 Å². The van der Waals surface area contributed by atoms with E-state index in [1.807, 2.05) is 37.8 Å². The number of likely N-dealkylation sites (tertiary alicyclic amines) is 1. The standard InChI is InChI=1S/C22H29ClN6O2/c1-21(2,3)31-20(30)29-12-22(13-29)6-8-28(9-7-22)19-11-18(25-14-26-19)27-17-5-4-15(24)10-16(17)23/h4-5,10-11,14H,6-9,12-13,24H2,1-3H3,(H,25,26,27). The van der Waals surface area contributed by atoms with Gasteiger partial charge in [0.2, 0.25) is 0 Å². The molecule has 31 heavy (non-hydrogen) atoms. The Labute approximate surface area is 187 Å². The summed E-state index contributed by atoms with van der Waals surface area (Å²) in [5.41, 5.74) is 6.85. The molecule has 166 valence electrons. The van der Waals surface area contributed by atoms with Crippen molar-refractivity contribution in [2.24, 2.45) is 5.41 Å². The van der Waals surface area contributed by atoms with Crippen molar-refractivity contribution in [3.8, 4) is 0 Å². The predicted octanol–water partition coefficient (Wildman–Crippen LogP) is 4.29. The minimum Gasteiger partial charge on any atom is -0.444 e. The van der Waals surface area contributed by atoms with Crippen LogP contribution in [0.4, 0.5) is 27.8 Å². The maximum atomic E-state index is 12.2. The molecule has 0 atom stereocenters. The SMILES string of the molecule is CC(C)(C)OC(=O)N1CC2(CCN(c3cc(Nc4ccc(N)cc4Cl)ncn3)CC2)C1. The molecule has 1 aromatic carbocycles. The molecule has 0 aliphatic carbocycles. The quantitative estimate of drug-likeness (QED) is 0.681. The molecule has 3 heterocycles. The van der Waals surface area contributed by atoms with Crippen LogP contribution in [0, 0.1) is 5.41 Å². The van der Waals surface area contributed by atoms with E-state index in [2.05, 4.69) is 20.2 Å². The molecule has 1 amide bonds. The molecule has 4 rings (SSSR count). The van der Waals surface area contributed by atoms with Crippen molar-refractivity contribution in [3.63, 3.8) is 0 Å². The van der Waals surface area contributed by atoms with Crippen LogP contribution >= 0.6 is 11.6 Å². The van der Waals surface area contributed by atoms with Crippen molar-refractivity contribution in [1.29, 1.82) is 0 Å². The third-order valence-electron chi connectivity index (χ3n) is 5.76. The molecule has 0 saturated carbocycles. The minimum atomic E-state index is -0.460. The molecule has 2 aliphatic heterocycles. The number of hydrogen-bond acceptors (Lipinski definition) is 7. The first-order chi connectivity index (χ1) is 14.6. The van der Waals surface area contributed by atoms with E-state index in [0.29, 0.717) is 16.5 Å². The van der Waals surface area contributed by atoms with Crippen LogP contribution < -0.4 is 16.0 Å². The van der Waals surface area contributed by atoms with E-state index in [1.54, 1.807) is 18.5 Å². The zero-order valence-electron chi connectivity index (χ0n) is 18.2. The lowest BCUT2D eigenvalue weighted by Crippen LogP contribution is -2.62. The fourth-order valence-corrected chi connectivity index (χ4v) is 4.34. The molecule has 9 heteroatoms. The van der Waals surface area contributed by atoms with E-state index in [0.717, 1.165) is 50.5 Å². The van der Waals surface area contributed by atoms with Crippen LogP contribution in [0.2, 0.25) is 5.02 Å². The number of nitrogens with two attached hydrogens (primary N) is 1. The number of piperidine rings is 1. The Morgan fingerprint density at radius 1 is 1.19 bits per heavy atom. The van der Waals surface area contributed by atoms with Crippen molar-refractivity contribution in [2.45, 2.75) is 39.2 Å². The van der Waals surface area contributed by atoms with Gasteiger partial charge >= 0.3 is 6.09 Å². The number of nitrogen functional groups attached to an aromatic ring is 1. The van der Waals surface area contributed by atoms with Crippen molar-refractivity contribution in [3.05, 3.63) is 35.6 Å². The van der Waals surface area contributed by atoms with Crippen LogP contribution in [-0.4, -0.2) is 52.7 Å². The zero-order valence-corrected chi connectivity index (χ0v) is 18.9. The van der Waals surface area contributed by atoms with Crippen LogP contribution in [0.5, 0.6) is 0 Å². The Morgan fingerprint density at radius 3 is 2.55 bits per heavy atom. The van der Waals surface area contributed by atoms with Gasteiger partial charge in [0.15, 0.2) is 0 Å². The van der Waals surface area contributed by atoms with Gasteiger partial charge in [-0.15, -0.1) is 0 Å². The van der Waals surface area contributed by atoms with Crippen molar-refractivity contribution < 1.29 is 9.53 Å². The lowest BCUT2D eigenvalue weighted by molar-refractivity contribution is -0.0434. The molecule has 0 unspecified atom stereocenters. The number of aromatic nitrogens is 2. The first-order valence-corrected chi connectivity index (χ1v) is 10.9. The summed E-state index contributed by atoms with van der Waals surface area (Å²) in [6.45, 7) is 8.99. The normalized spacial score (nSPS) is 17.9. The summed E-state index contributed by atoms with van der Waals surface area (Å²) in [7, 11) is 0. The fourth-order valence-electron chi connectivity index (χ4n) is 4.10. The number of hydrogen-bond donors (Lipinski definition) is 2. The van der Waals surface area contributed by atoms with Crippen molar-refractivity contribution in [2.75, 3.05) is 42.1 Å². The van der Waals surface area contributed by atoms with Gasteiger partial charge < -0.3 is 25.6 Å². The number of carbonyl (C=O) groups is 1. The van der Waals surface area contributed by atoms with Gasteiger partial charge in [-0.1, -0.05) is 11.6 Å². The molecule has 8 nitrogen and oxygen atoms in total. The third-order valence-corrected chi connectivity index (χ3v) is 6.07. The van der Waals surface area contributed by atoms with Gasteiger partial charge in [-0.25, -0.2) is 14.8 Å². The highest BCUT2D eigenvalue weighted by Gasteiger charge is 2.47. The molecule has 1 aromatic heterocycles. The molecule has 3 N–H and O–H groups in total. The lowest BCUT2D eigenvalue weighted by atomic mass is 9.72. The first-order valence-electron chi connectivity index (χ1n) is 10.5. The molecule has 0 radical (unpaired) electrons. The van der Waals surface area contributed by atoms with Crippen molar-refractivity contribution >= 4 is 40.7 Å². The van der Waals surface area contributed by atoms with E-state index in [-0.39, 0.29) is 11.5 Å². The second-order valence-corrected chi connectivity index (χ2v) is 9.86. The Morgan fingerprint density at radius 2 is 1.90 bits per heavy atom. The second-order valence-electron chi connectivity index (χ2n) is 9.45. The number of halogens is 1. The number of amides is 1. The highest BCUT2D eigenvalue weighted by molar-refractivity contribution is 6.33. The second kappa shape index (κ2) is 8.07. The zero-order chi connectivity index (χ0) is 22.2. The molecule has 2 aromatic rings. The van der Waals surface area contributed by atoms with E-state index >= 15 is 0 Å². The van der Waals surface area contributed by atoms with Gasteiger partial charge in [0.25, 0.3) is 0 Å². The summed E-state index contributed by atoms with van der Waals surface area (Å²) in [6.07, 6.45) is 3.38. The van der Waals surface area contributed by atoms with E-state index in [4.69, 9.17) is 22.1 Å². The molecule has 2 aliphatic rings. The Kier molecular flexibility index (Phi) is 5.60. The Hall–Kier alpha value is -2.74. The topological polar surface area (TPSA) is 96.6 Å². The summed E-state index contributed by atoms with van der Waals surface area (Å²) in [6, 6.07) is 7.25. The Balaban J connectivity index is 1.34. The fraction of sp³-hybridized carbons (Fsp3) is 0.500. The van der Waals surface area contributed by atoms with Crippen LogP contribution in [-0.2, 0) is 4.74 Å². The van der Waals surface area contributed by atoms with Crippen LogP contribution in [0.25, 0.3) is 0 Å². The number of anilines is 4. The predicted molar refractivity (Wildman–Crippen MR) is 123 cm³/mol. The van der Waals surface area contributed by atoms with E-state index < -0.39 is 5.60 Å². The third kappa shape index (κ3) is 4.95. The number of benzene rings is 1. The molecular formula is C22H29ClN6O2. The minimum absolute atomic E-state index is 0.193. The number of nitrogens with one attached hydrogen (secondary N) is 1. The van der Waals surface area contributed by atoms with Gasteiger partial charge in [0.05, 0.1) is 10.7 Å². The molecule has 2 saturated heterocycles. The lowest BCUT2D eigenvalue weighted by Gasteiger charge is -2.53. The average Bonchev–Trinajstić information content (AvgIpc) is 2.67. The summed E-state index contributed by atoms with van der Waals surface area (Å²) < 4.78 is 5.48. The van der Waals surface area contributed by atoms with E-state index in [9.17, 15) is 4.79 Å². The monoisotopic (exact) mass is 444 g/mol. The molecule has 2 fully saturated rings. The maximum absolute atomic E-state index is 12.2. The molecular weight excluding hydrogens is 416 g/mol. The van der Waals surface area contributed by atoms with Crippen LogP contribution in [0.3, 0.4) is 0 Å². The van der Waals surface area contributed by atoms with Gasteiger partial charge in [-0.3, -0.25) is 0 Å². The number of carbonyl (C=O) groups excluding carboxylic acids is 1. The average molecular weight is 445 g/mol. The number of ether oxygens (including phenoxy) is 1. The maximum Gasteiger partial charge on any atom is 0.410 e. The Bertz CT molecular complexity index is 961. The van der Waals surface area contributed by atoms with E-state index in [1.165, 1.54) is 0 Å². The highest BCUT2D eigenvalue weighted by Crippen LogP contribution is 2.41. The van der Waals surface area contributed by atoms with Crippen molar-refractivity contribution in [1.82, 2.24) is 14.9 Å². The van der Waals surface area contributed by atoms with Crippen LogP contribution in [0.1, 0.15) is 33.6 Å². The summed E-state index contributed by atoms with van der Waals surface area (Å²) in [4.78, 5) is 25.1. The summed E-state index contributed by atoms with van der Waals surface area (Å²) >= 11 is 6.26. The summed E-state index contributed by atoms with van der Waals surface area (Å²) in [5.74, 6) is 1.55. The number of nitrogens with zero attached hydrogens (tertiary/aromatic N) is 4. The van der Waals surface area contributed by atoms with Gasteiger partial charge in [-0.05, 0) is 51.8 Å².